The molecule has 2 nitrogen and oxygen atoms in total. The fourth-order valence-electron chi connectivity index (χ4n) is 1.50. The Bertz CT molecular complexity index is 512. The van der Waals surface area contributed by atoms with Gasteiger partial charge in [0.2, 0.25) is 0 Å². The van der Waals surface area contributed by atoms with Crippen molar-refractivity contribution in [2.24, 2.45) is 0 Å². The number of esters is 1. The number of methoxy groups -OCH3 is 1. The van der Waals surface area contributed by atoms with Crippen molar-refractivity contribution in [1.82, 2.24) is 0 Å². The number of carbonyl (C=O) groups excluding carboxylic acids is 1. The van der Waals surface area contributed by atoms with Crippen LogP contribution < -0.4 is 0 Å². The number of thiophene rings is 1. The van der Waals surface area contributed by atoms with E-state index in [9.17, 15) is 4.79 Å². The van der Waals surface area contributed by atoms with E-state index in [1.54, 1.807) is 11.3 Å². The largest absolute Gasteiger partial charge is 0.465 e. The Morgan fingerprint density at radius 2 is 1.94 bits per heavy atom. The van der Waals surface area contributed by atoms with Gasteiger partial charge in [0.25, 0.3) is 0 Å². The van der Waals surface area contributed by atoms with Gasteiger partial charge in [0.05, 0.1) is 12.7 Å². The molecule has 0 N–H and O–H groups in total. The maximum atomic E-state index is 11.8. The Balaban J connectivity index is 2.43. The van der Waals surface area contributed by atoms with Gasteiger partial charge in [-0.3, -0.25) is 0 Å². The lowest BCUT2D eigenvalue weighted by Gasteiger charge is -2.04. The third-order valence-electron chi connectivity index (χ3n) is 2.32. The number of hydrogen-bond donors (Lipinski definition) is 0. The van der Waals surface area contributed by atoms with Gasteiger partial charge >= 0.3 is 5.97 Å². The zero-order chi connectivity index (χ0) is 12.1. The fraction of sp³-hybridized carbons (Fsp3) is 0.0714. The average molecular weight is 244 g/mol. The second kappa shape index (κ2) is 5.46. The minimum Gasteiger partial charge on any atom is -0.465 e. The molecule has 2 rings (SSSR count). The van der Waals surface area contributed by atoms with Crippen LogP contribution in [0.25, 0.3) is 11.6 Å². The topological polar surface area (TPSA) is 26.3 Å². The number of benzene rings is 1. The summed E-state index contributed by atoms with van der Waals surface area (Å²) in [7, 11) is 1.40. The summed E-state index contributed by atoms with van der Waals surface area (Å²) in [4.78, 5) is 12.8. The molecule has 0 fully saturated rings. The molecule has 86 valence electrons. The van der Waals surface area contributed by atoms with Crippen molar-refractivity contribution in [3.63, 3.8) is 0 Å². The van der Waals surface area contributed by atoms with Crippen LogP contribution in [-0.2, 0) is 9.53 Å². The molecular weight excluding hydrogens is 232 g/mol. The summed E-state index contributed by atoms with van der Waals surface area (Å²) in [6.45, 7) is 0. The van der Waals surface area contributed by atoms with E-state index in [1.165, 1.54) is 7.11 Å². The summed E-state index contributed by atoms with van der Waals surface area (Å²) >= 11 is 1.59. The molecule has 0 saturated heterocycles. The van der Waals surface area contributed by atoms with E-state index in [-0.39, 0.29) is 5.97 Å². The van der Waals surface area contributed by atoms with Crippen LogP contribution in [0.2, 0.25) is 0 Å². The lowest BCUT2D eigenvalue weighted by molar-refractivity contribution is -0.133. The van der Waals surface area contributed by atoms with E-state index in [1.807, 2.05) is 53.9 Å². The Morgan fingerprint density at radius 3 is 2.53 bits per heavy atom. The number of carbonyl (C=O) groups is 1. The van der Waals surface area contributed by atoms with Crippen LogP contribution in [0.1, 0.15) is 10.4 Å². The molecular formula is C14H12O2S. The van der Waals surface area contributed by atoms with Crippen molar-refractivity contribution >= 4 is 29.0 Å². The molecule has 1 aromatic carbocycles. The third kappa shape index (κ3) is 2.82. The zero-order valence-corrected chi connectivity index (χ0v) is 10.2. The van der Waals surface area contributed by atoms with Gasteiger partial charge in [0.15, 0.2) is 0 Å². The standard InChI is InChI=1S/C14H12O2S/c1-16-14(15)13(10-12-8-5-9-17-12)11-6-3-2-4-7-11/h2-10H,1H3/b13-10+. The molecule has 0 bridgehead atoms. The highest BCUT2D eigenvalue weighted by Gasteiger charge is 2.11. The van der Waals surface area contributed by atoms with Crippen molar-refractivity contribution < 1.29 is 9.53 Å². The van der Waals surface area contributed by atoms with Crippen molar-refractivity contribution in [1.29, 1.82) is 0 Å². The molecule has 0 unspecified atom stereocenters. The van der Waals surface area contributed by atoms with Crippen LogP contribution in [-0.4, -0.2) is 13.1 Å². The summed E-state index contributed by atoms with van der Waals surface area (Å²) < 4.78 is 4.81. The van der Waals surface area contributed by atoms with Gasteiger partial charge in [0, 0.05) is 4.88 Å². The minimum atomic E-state index is -0.315. The predicted molar refractivity (Wildman–Crippen MR) is 70.6 cm³/mol. The van der Waals surface area contributed by atoms with E-state index in [2.05, 4.69) is 0 Å². The highest BCUT2D eigenvalue weighted by Crippen LogP contribution is 2.21. The molecule has 0 aliphatic carbocycles. The minimum absolute atomic E-state index is 0.315. The Morgan fingerprint density at radius 1 is 1.18 bits per heavy atom. The first-order valence-electron chi connectivity index (χ1n) is 5.20. The molecule has 0 aliphatic rings. The van der Waals surface area contributed by atoms with Crippen molar-refractivity contribution in [2.75, 3.05) is 7.11 Å². The van der Waals surface area contributed by atoms with E-state index in [0.29, 0.717) is 5.57 Å². The molecule has 17 heavy (non-hydrogen) atoms. The van der Waals surface area contributed by atoms with Crippen LogP contribution in [0.4, 0.5) is 0 Å². The predicted octanol–water partition coefficient (Wildman–Crippen LogP) is 3.46. The molecule has 0 aliphatic heterocycles. The van der Waals surface area contributed by atoms with Gasteiger partial charge < -0.3 is 4.74 Å². The summed E-state index contributed by atoms with van der Waals surface area (Å²) in [6, 6.07) is 13.4. The van der Waals surface area contributed by atoms with Crippen LogP contribution >= 0.6 is 11.3 Å². The zero-order valence-electron chi connectivity index (χ0n) is 9.42. The molecule has 1 aromatic heterocycles. The van der Waals surface area contributed by atoms with E-state index < -0.39 is 0 Å². The molecule has 0 atom stereocenters. The maximum absolute atomic E-state index is 11.8. The monoisotopic (exact) mass is 244 g/mol. The fourth-order valence-corrected chi connectivity index (χ4v) is 2.16. The van der Waals surface area contributed by atoms with Gasteiger partial charge in [-0.2, -0.15) is 0 Å². The van der Waals surface area contributed by atoms with Gasteiger partial charge in [0.1, 0.15) is 0 Å². The summed E-state index contributed by atoms with van der Waals surface area (Å²) in [5.41, 5.74) is 1.45. The van der Waals surface area contributed by atoms with Gasteiger partial charge in [-0.1, -0.05) is 36.4 Å². The summed E-state index contributed by atoms with van der Waals surface area (Å²) in [5, 5.41) is 1.98. The first-order valence-corrected chi connectivity index (χ1v) is 6.08. The number of rotatable bonds is 3. The van der Waals surface area contributed by atoms with Crippen LogP contribution in [0.3, 0.4) is 0 Å². The lowest BCUT2D eigenvalue weighted by atomic mass is 10.1. The second-order valence-electron chi connectivity index (χ2n) is 3.43. The van der Waals surface area contributed by atoms with Gasteiger partial charge in [-0.15, -0.1) is 11.3 Å². The molecule has 2 aromatic rings. The lowest BCUT2D eigenvalue weighted by Crippen LogP contribution is -2.03. The maximum Gasteiger partial charge on any atom is 0.338 e. The van der Waals surface area contributed by atoms with Crippen LogP contribution in [0.5, 0.6) is 0 Å². The number of ether oxygens (including phenoxy) is 1. The van der Waals surface area contributed by atoms with Crippen LogP contribution in [0.15, 0.2) is 47.8 Å². The highest BCUT2D eigenvalue weighted by atomic mass is 32.1. The summed E-state index contributed by atoms with van der Waals surface area (Å²) in [6.07, 6.45) is 1.85. The molecule has 0 spiro atoms. The van der Waals surface area contributed by atoms with Gasteiger partial charge in [-0.25, -0.2) is 4.79 Å². The summed E-state index contributed by atoms with van der Waals surface area (Å²) in [5.74, 6) is -0.315. The molecule has 1 heterocycles. The molecule has 0 radical (unpaired) electrons. The molecule has 3 heteroatoms. The Labute approximate surface area is 104 Å². The normalized spacial score (nSPS) is 11.2. The molecule has 0 saturated carbocycles. The highest BCUT2D eigenvalue weighted by molar-refractivity contribution is 7.10. The van der Waals surface area contributed by atoms with Crippen molar-refractivity contribution in [2.45, 2.75) is 0 Å². The molecule has 0 amide bonds. The first kappa shape index (κ1) is 11.6. The SMILES string of the molecule is COC(=O)/C(=C/c1cccs1)c1ccccc1. The quantitative estimate of drug-likeness (QED) is 0.610. The van der Waals surface area contributed by atoms with E-state index >= 15 is 0 Å². The third-order valence-corrected chi connectivity index (χ3v) is 3.14. The van der Waals surface area contributed by atoms with Crippen molar-refractivity contribution in [3.05, 3.63) is 58.3 Å². The first-order chi connectivity index (χ1) is 8.31. The smallest absolute Gasteiger partial charge is 0.338 e. The van der Waals surface area contributed by atoms with E-state index in [0.717, 1.165) is 10.4 Å². The van der Waals surface area contributed by atoms with E-state index in [4.69, 9.17) is 4.74 Å². The Hall–Kier alpha value is -1.87. The Kier molecular flexibility index (Phi) is 3.73. The van der Waals surface area contributed by atoms with Crippen molar-refractivity contribution in [3.8, 4) is 0 Å². The van der Waals surface area contributed by atoms with Crippen LogP contribution in [0, 0.1) is 0 Å². The average Bonchev–Trinajstić information content (AvgIpc) is 2.89. The van der Waals surface area contributed by atoms with Gasteiger partial charge in [-0.05, 0) is 23.1 Å². The second-order valence-corrected chi connectivity index (χ2v) is 4.41. The number of hydrogen-bond acceptors (Lipinski definition) is 3.